The molecule has 27 heavy (non-hydrogen) atoms. The molecule has 5 nitrogen and oxygen atoms in total. The Labute approximate surface area is 157 Å². The van der Waals surface area contributed by atoms with E-state index in [2.05, 4.69) is 20.6 Å². The molecule has 1 aromatic heterocycles. The predicted octanol–water partition coefficient (Wildman–Crippen LogP) is 4.56. The van der Waals surface area contributed by atoms with Gasteiger partial charge in [0, 0.05) is 18.4 Å². The molecular weight excluding hydrogens is 388 g/mol. The number of carbonyl (C=O) groups is 1. The summed E-state index contributed by atoms with van der Waals surface area (Å²) in [7, 11) is 0. The standard InChI is InChI=1S/C17H15ClF4N4O/c18-12-6-10(4-5-13(12)19)25-16-24-8-11(14(26-16)17(20,21)22)15(27)23-7-9-2-1-3-9/h4-6,8-9H,1-3,7H2,(H,23,27)(H,24,25,26). The fourth-order valence-electron chi connectivity index (χ4n) is 2.56. The van der Waals surface area contributed by atoms with Crippen LogP contribution in [0.15, 0.2) is 24.4 Å². The van der Waals surface area contributed by atoms with E-state index in [9.17, 15) is 22.4 Å². The van der Waals surface area contributed by atoms with Gasteiger partial charge in [-0.2, -0.15) is 13.2 Å². The molecular formula is C17H15ClF4N4O. The zero-order valence-electron chi connectivity index (χ0n) is 13.9. The molecule has 0 bridgehead atoms. The SMILES string of the molecule is O=C(NCC1CCC1)c1cnc(Nc2ccc(F)c(Cl)c2)nc1C(F)(F)F. The molecule has 0 aliphatic heterocycles. The van der Waals surface area contributed by atoms with Crippen molar-refractivity contribution in [1.82, 2.24) is 15.3 Å². The molecule has 0 saturated heterocycles. The summed E-state index contributed by atoms with van der Waals surface area (Å²) in [5.74, 6) is -1.63. The minimum Gasteiger partial charge on any atom is -0.352 e. The molecule has 1 aliphatic carbocycles. The summed E-state index contributed by atoms with van der Waals surface area (Å²) >= 11 is 5.64. The van der Waals surface area contributed by atoms with Crippen molar-refractivity contribution in [1.29, 1.82) is 0 Å². The van der Waals surface area contributed by atoms with Crippen molar-refractivity contribution in [3.05, 3.63) is 46.5 Å². The van der Waals surface area contributed by atoms with Crippen molar-refractivity contribution in [3.8, 4) is 0 Å². The Morgan fingerprint density at radius 1 is 1.30 bits per heavy atom. The lowest BCUT2D eigenvalue weighted by Gasteiger charge is -2.25. The van der Waals surface area contributed by atoms with Crippen LogP contribution in [0, 0.1) is 11.7 Å². The van der Waals surface area contributed by atoms with E-state index in [0.717, 1.165) is 31.5 Å². The molecule has 3 rings (SSSR count). The van der Waals surface area contributed by atoms with E-state index in [-0.39, 0.29) is 16.7 Å². The molecule has 1 aromatic carbocycles. The van der Waals surface area contributed by atoms with Gasteiger partial charge in [0.25, 0.3) is 5.91 Å². The molecule has 10 heteroatoms. The molecule has 0 spiro atoms. The van der Waals surface area contributed by atoms with Crippen LogP contribution in [0.4, 0.5) is 29.2 Å². The number of halogens is 5. The van der Waals surface area contributed by atoms with Crippen molar-refractivity contribution in [2.75, 3.05) is 11.9 Å². The molecule has 1 amide bonds. The minimum atomic E-state index is -4.84. The third-order valence-electron chi connectivity index (χ3n) is 4.25. The van der Waals surface area contributed by atoms with Crippen LogP contribution in [0.2, 0.25) is 5.02 Å². The van der Waals surface area contributed by atoms with Gasteiger partial charge in [-0.1, -0.05) is 18.0 Å². The number of hydrogen-bond donors (Lipinski definition) is 2. The molecule has 2 aromatic rings. The summed E-state index contributed by atoms with van der Waals surface area (Å²) in [4.78, 5) is 19.3. The van der Waals surface area contributed by atoms with E-state index in [0.29, 0.717) is 12.5 Å². The fourth-order valence-corrected chi connectivity index (χ4v) is 2.74. The number of alkyl halides is 3. The van der Waals surface area contributed by atoms with Crippen molar-refractivity contribution in [3.63, 3.8) is 0 Å². The van der Waals surface area contributed by atoms with Gasteiger partial charge < -0.3 is 10.6 Å². The second kappa shape index (κ2) is 7.67. The first kappa shape index (κ1) is 19.3. The number of rotatable bonds is 5. The number of anilines is 2. The highest BCUT2D eigenvalue weighted by molar-refractivity contribution is 6.31. The van der Waals surface area contributed by atoms with Crippen LogP contribution in [0.1, 0.15) is 35.3 Å². The van der Waals surface area contributed by atoms with E-state index in [1.807, 2.05) is 0 Å². The zero-order chi connectivity index (χ0) is 19.6. The van der Waals surface area contributed by atoms with Crippen LogP contribution in [0.25, 0.3) is 0 Å². The lowest BCUT2D eigenvalue weighted by Crippen LogP contribution is -2.33. The summed E-state index contributed by atoms with van der Waals surface area (Å²) in [5, 5.41) is 4.81. The second-order valence-corrected chi connectivity index (χ2v) is 6.62. The molecule has 1 fully saturated rings. The van der Waals surface area contributed by atoms with Crippen LogP contribution < -0.4 is 10.6 Å². The topological polar surface area (TPSA) is 66.9 Å². The monoisotopic (exact) mass is 402 g/mol. The van der Waals surface area contributed by atoms with Gasteiger partial charge in [0.15, 0.2) is 5.69 Å². The van der Waals surface area contributed by atoms with Gasteiger partial charge >= 0.3 is 6.18 Å². The van der Waals surface area contributed by atoms with Gasteiger partial charge in [0.2, 0.25) is 5.95 Å². The fraction of sp³-hybridized carbons (Fsp3) is 0.353. The highest BCUT2D eigenvalue weighted by Gasteiger charge is 2.38. The van der Waals surface area contributed by atoms with Crippen molar-refractivity contribution >= 4 is 29.1 Å². The number of nitrogens with zero attached hydrogens (tertiary/aromatic N) is 2. The van der Waals surface area contributed by atoms with Gasteiger partial charge in [0.05, 0.1) is 10.6 Å². The highest BCUT2D eigenvalue weighted by Crippen LogP contribution is 2.32. The Morgan fingerprint density at radius 3 is 2.63 bits per heavy atom. The summed E-state index contributed by atoms with van der Waals surface area (Å²) in [6, 6.07) is 3.52. The quantitative estimate of drug-likeness (QED) is 0.719. The average Bonchev–Trinajstić information content (AvgIpc) is 2.56. The van der Waals surface area contributed by atoms with Crippen molar-refractivity contribution in [2.45, 2.75) is 25.4 Å². The number of aromatic nitrogens is 2. The van der Waals surface area contributed by atoms with Crippen LogP contribution in [0.3, 0.4) is 0 Å². The third-order valence-corrected chi connectivity index (χ3v) is 4.54. The van der Waals surface area contributed by atoms with E-state index in [1.165, 1.54) is 12.1 Å². The van der Waals surface area contributed by atoms with E-state index >= 15 is 0 Å². The van der Waals surface area contributed by atoms with E-state index in [1.54, 1.807) is 0 Å². The number of hydrogen-bond acceptors (Lipinski definition) is 4. The first-order valence-electron chi connectivity index (χ1n) is 8.18. The Balaban J connectivity index is 1.82. The molecule has 144 valence electrons. The highest BCUT2D eigenvalue weighted by atomic mass is 35.5. The Kier molecular flexibility index (Phi) is 5.50. The molecule has 0 radical (unpaired) electrons. The first-order valence-corrected chi connectivity index (χ1v) is 8.56. The lowest BCUT2D eigenvalue weighted by atomic mass is 9.85. The van der Waals surface area contributed by atoms with Crippen molar-refractivity contribution in [2.24, 2.45) is 5.92 Å². The van der Waals surface area contributed by atoms with Crippen LogP contribution in [0.5, 0.6) is 0 Å². The number of nitrogens with one attached hydrogen (secondary N) is 2. The largest absolute Gasteiger partial charge is 0.434 e. The summed E-state index contributed by atoms with van der Waals surface area (Å²) < 4.78 is 53.2. The summed E-state index contributed by atoms with van der Waals surface area (Å²) in [5.41, 5.74) is -1.79. The van der Waals surface area contributed by atoms with Gasteiger partial charge in [0.1, 0.15) is 5.82 Å². The zero-order valence-corrected chi connectivity index (χ0v) is 14.7. The number of carbonyl (C=O) groups excluding carboxylic acids is 1. The van der Waals surface area contributed by atoms with Gasteiger partial charge in [-0.3, -0.25) is 4.79 Å². The minimum absolute atomic E-state index is 0.205. The Morgan fingerprint density at radius 2 is 2.04 bits per heavy atom. The molecule has 0 unspecified atom stereocenters. The summed E-state index contributed by atoms with van der Waals surface area (Å²) in [6.07, 6.45) is -1.06. The van der Waals surface area contributed by atoms with Gasteiger partial charge in [-0.25, -0.2) is 14.4 Å². The molecule has 1 saturated carbocycles. The molecule has 0 atom stereocenters. The maximum Gasteiger partial charge on any atom is 0.434 e. The maximum absolute atomic E-state index is 13.4. The smallest absolute Gasteiger partial charge is 0.352 e. The average molecular weight is 403 g/mol. The van der Waals surface area contributed by atoms with Gasteiger partial charge in [-0.05, 0) is 37.0 Å². The molecule has 1 heterocycles. The van der Waals surface area contributed by atoms with Crippen LogP contribution in [-0.4, -0.2) is 22.4 Å². The lowest BCUT2D eigenvalue weighted by molar-refractivity contribution is -0.141. The molecule has 1 aliphatic rings. The second-order valence-electron chi connectivity index (χ2n) is 6.21. The number of benzene rings is 1. The van der Waals surface area contributed by atoms with Gasteiger partial charge in [-0.15, -0.1) is 0 Å². The normalized spacial score (nSPS) is 14.6. The summed E-state index contributed by atoms with van der Waals surface area (Å²) in [6.45, 7) is 0.324. The Bertz CT molecular complexity index is 855. The first-order chi connectivity index (χ1) is 12.7. The Hall–Kier alpha value is -2.42. The van der Waals surface area contributed by atoms with E-state index < -0.39 is 29.2 Å². The third kappa shape index (κ3) is 4.65. The number of amides is 1. The molecule has 2 N–H and O–H groups in total. The van der Waals surface area contributed by atoms with Crippen LogP contribution >= 0.6 is 11.6 Å². The van der Waals surface area contributed by atoms with Crippen molar-refractivity contribution < 1.29 is 22.4 Å². The maximum atomic E-state index is 13.4. The predicted molar refractivity (Wildman–Crippen MR) is 91.4 cm³/mol. The van der Waals surface area contributed by atoms with Crippen LogP contribution in [-0.2, 0) is 6.18 Å². The van der Waals surface area contributed by atoms with E-state index in [4.69, 9.17) is 11.6 Å².